The molecule has 2 aromatic carbocycles. The van der Waals surface area contributed by atoms with Gasteiger partial charge in [0.05, 0.1) is 12.0 Å². The van der Waals surface area contributed by atoms with E-state index in [1.54, 1.807) is 51.1 Å². The third-order valence-electron chi connectivity index (χ3n) is 4.74. The molecule has 164 valence electrons. The topological polar surface area (TPSA) is 121 Å². The number of ether oxygens (including phenoxy) is 1. The number of aromatic amines is 1. The average Bonchev–Trinajstić information content (AvgIpc) is 2.76. The fourth-order valence-electron chi connectivity index (χ4n) is 3.24. The normalized spacial score (nSPS) is 11.6. The summed E-state index contributed by atoms with van der Waals surface area (Å²) in [5.74, 6) is -0.372. The number of nitrogens with zero attached hydrogens (tertiary/aromatic N) is 2. The molecule has 3 aromatic rings. The lowest BCUT2D eigenvalue weighted by Gasteiger charge is -2.21. The van der Waals surface area contributed by atoms with Gasteiger partial charge in [0.15, 0.2) is 5.69 Å². The molecular formula is C21H24N4O5S. The standard InChI is InChI=1S/C21H24N4O5S/c1-4-25(5-2)31(28,29)18-13-14(11-12-17(18)30-6-3)22-21(27)19-15-9-7-8-10-16(15)20(26)24-23-19/h7-13H,4-6H2,1-3H3,(H,22,27)(H,24,26). The largest absolute Gasteiger partial charge is 0.492 e. The Morgan fingerprint density at radius 3 is 2.42 bits per heavy atom. The summed E-state index contributed by atoms with van der Waals surface area (Å²) in [5, 5.41) is 9.58. The number of sulfonamides is 1. The van der Waals surface area contributed by atoms with Crippen molar-refractivity contribution in [2.45, 2.75) is 25.7 Å². The number of carbonyl (C=O) groups is 1. The molecule has 0 atom stereocenters. The third-order valence-corrected chi connectivity index (χ3v) is 6.81. The zero-order valence-corrected chi connectivity index (χ0v) is 18.3. The maximum absolute atomic E-state index is 13.1. The molecule has 10 heteroatoms. The van der Waals surface area contributed by atoms with Crippen LogP contribution in [0.15, 0.2) is 52.2 Å². The van der Waals surface area contributed by atoms with Gasteiger partial charge < -0.3 is 10.1 Å². The van der Waals surface area contributed by atoms with Crippen LogP contribution in [0.5, 0.6) is 5.75 Å². The van der Waals surface area contributed by atoms with Gasteiger partial charge in [0.1, 0.15) is 10.6 Å². The van der Waals surface area contributed by atoms with E-state index in [2.05, 4.69) is 15.5 Å². The SMILES string of the molecule is CCOc1ccc(NC(=O)c2n[nH]c(=O)c3ccccc23)cc1S(=O)(=O)N(CC)CC. The van der Waals surface area contributed by atoms with Crippen LogP contribution in [0, 0.1) is 0 Å². The van der Waals surface area contributed by atoms with Gasteiger partial charge in [-0.15, -0.1) is 0 Å². The van der Waals surface area contributed by atoms with Crippen LogP contribution in [0.1, 0.15) is 31.3 Å². The van der Waals surface area contributed by atoms with Crippen LogP contribution in [0.25, 0.3) is 10.8 Å². The van der Waals surface area contributed by atoms with Crippen LogP contribution >= 0.6 is 0 Å². The number of aromatic nitrogens is 2. The number of anilines is 1. The Labute approximate surface area is 180 Å². The second-order valence-corrected chi connectivity index (χ2v) is 8.49. The number of amides is 1. The lowest BCUT2D eigenvalue weighted by atomic mass is 10.1. The van der Waals surface area contributed by atoms with Crippen molar-refractivity contribution in [1.82, 2.24) is 14.5 Å². The lowest BCUT2D eigenvalue weighted by molar-refractivity contribution is 0.102. The number of nitrogens with one attached hydrogen (secondary N) is 2. The van der Waals surface area contributed by atoms with Gasteiger partial charge in [-0.1, -0.05) is 32.0 Å². The Bertz CT molecular complexity index is 1270. The van der Waals surface area contributed by atoms with Gasteiger partial charge in [0, 0.05) is 24.2 Å². The zero-order chi connectivity index (χ0) is 22.6. The molecule has 2 N–H and O–H groups in total. The van der Waals surface area contributed by atoms with E-state index in [0.29, 0.717) is 30.5 Å². The summed E-state index contributed by atoms with van der Waals surface area (Å²) in [7, 11) is -3.82. The van der Waals surface area contributed by atoms with Gasteiger partial charge in [-0.2, -0.15) is 9.40 Å². The van der Waals surface area contributed by atoms with Gasteiger partial charge in [0.2, 0.25) is 10.0 Å². The first-order valence-corrected chi connectivity index (χ1v) is 11.3. The Morgan fingerprint density at radius 2 is 1.77 bits per heavy atom. The number of hydrogen-bond acceptors (Lipinski definition) is 6. The highest BCUT2D eigenvalue weighted by atomic mass is 32.2. The summed E-state index contributed by atoms with van der Waals surface area (Å²) in [6.07, 6.45) is 0. The minimum absolute atomic E-state index is 0.0252. The van der Waals surface area contributed by atoms with Crippen molar-refractivity contribution >= 4 is 32.4 Å². The van der Waals surface area contributed by atoms with Gasteiger partial charge in [-0.05, 0) is 31.2 Å². The van der Waals surface area contributed by atoms with E-state index in [-0.39, 0.29) is 22.0 Å². The molecule has 0 bridgehead atoms. The highest BCUT2D eigenvalue weighted by molar-refractivity contribution is 7.89. The molecule has 31 heavy (non-hydrogen) atoms. The molecule has 0 aliphatic rings. The van der Waals surface area contributed by atoms with E-state index in [9.17, 15) is 18.0 Å². The second kappa shape index (κ2) is 9.27. The van der Waals surface area contributed by atoms with E-state index < -0.39 is 21.5 Å². The van der Waals surface area contributed by atoms with Crippen LogP contribution in [0.3, 0.4) is 0 Å². The molecule has 0 unspecified atom stereocenters. The highest BCUT2D eigenvalue weighted by Gasteiger charge is 2.26. The Hall–Kier alpha value is -3.24. The highest BCUT2D eigenvalue weighted by Crippen LogP contribution is 2.30. The van der Waals surface area contributed by atoms with Gasteiger partial charge in [-0.3, -0.25) is 9.59 Å². The summed E-state index contributed by atoms with van der Waals surface area (Å²) in [6, 6.07) is 11.0. The minimum atomic E-state index is -3.82. The fraction of sp³-hybridized carbons (Fsp3) is 0.286. The molecule has 0 aliphatic carbocycles. The number of rotatable bonds is 8. The Kier molecular flexibility index (Phi) is 6.71. The first-order chi connectivity index (χ1) is 14.8. The maximum Gasteiger partial charge on any atom is 0.276 e. The van der Waals surface area contributed by atoms with Crippen molar-refractivity contribution in [3.8, 4) is 5.75 Å². The number of carbonyl (C=O) groups excluding carboxylic acids is 1. The predicted molar refractivity (Wildman–Crippen MR) is 118 cm³/mol. The molecule has 1 heterocycles. The summed E-state index contributed by atoms with van der Waals surface area (Å²) in [5.41, 5.74) is -0.116. The van der Waals surface area contributed by atoms with E-state index in [0.717, 1.165) is 0 Å². The van der Waals surface area contributed by atoms with Crippen molar-refractivity contribution in [2.75, 3.05) is 25.0 Å². The molecule has 3 rings (SSSR count). The van der Waals surface area contributed by atoms with Crippen LogP contribution in [-0.2, 0) is 10.0 Å². The molecular weight excluding hydrogens is 420 g/mol. The fourth-order valence-corrected chi connectivity index (χ4v) is 4.86. The van der Waals surface area contributed by atoms with Gasteiger partial charge >= 0.3 is 0 Å². The second-order valence-electron chi connectivity index (χ2n) is 6.58. The molecule has 1 aromatic heterocycles. The molecule has 0 radical (unpaired) electrons. The van der Waals surface area contributed by atoms with E-state index in [1.165, 1.54) is 16.4 Å². The molecule has 1 amide bonds. The third kappa shape index (κ3) is 4.44. The van der Waals surface area contributed by atoms with E-state index in [4.69, 9.17) is 4.74 Å². The van der Waals surface area contributed by atoms with Gasteiger partial charge in [0.25, 0.3) is 11.5 Å². The van der Waals surface area contributed by atoms with Crippen molar-refractivity contribution in [3.05, 3.63) is 58.5 Å². The van der Waals surface area contributed by atoms with E-state index in [1.807, 2.05) is 0 Å². The first kappa shape index (κ1) is 22.4. The Morgan fingerprint density at radius 1 is 1.10 bits per heavy atom. The van der Waals surface area contributed by atoms with Crippen molar-refractivity contribution in [1.29, 1.82) is 0 Å². The lowest BCUT2D eigenvalue weighted by Crippen LogP contribution is -2.31. The summed E-state index contributed by atoms with van der Waals surface area (Å²) in [6.45, 7) is 6.15. The van der Waals surface area contributed by atoms with Crippen molar-refractivity contribution in [2.24, 2.45) is 0 Å². The monoisotopic (exact) mass is 444 g/mol. The van der Waals surface area contributed by atoms with Crippen LogP contribution in [0.4, 0.5) is 5.69 Å². The zero-order valence-electron chi connectivity index (χ0n) is 17.5. The Balaban J connectivity index is 2.02. The van der Waals surface area contributed by atoms with Gasteiger partial charge in [-0.25, -0.2) is 13.5 Å². The van der Waals surface area contributed by atoms with Crippen LogP contribution < -0.4 is 15.6 Å². The molecule has 0 saturated carbocycles. The number of benzene rings is 2. The van der Waals surface area contributed by atoms with Crippen LogP contribution in [-0.4, -0.2) is 48.5 Å². The summed E-state index contributed by atoms with van der Waals surface area (Å²) >= 11 is 0. The van der Waals surface area contributed by atoms with Crippen molar-refractivity contribution in [3.63, 3.8) is 0 Å². The first-order valence-electron chi connectivity index (χ1n) is 9.89. The van der Waals surface area contributed by atoms with Crippen LogP contribution in [0.2, 0.25) is 0 Å². The summed E-state index contributed by atoms with van der Waals surface area (Å²) < 4.78 is 33.0. The number of hydrogen-bond donors (Lipinski definition) is 2. The minimum Gasteiger partial charge on any atom is -0.492 e. The molecule has 0 fully saturated rings. The predicted octanol–water partition coefficient (Wildman–Crippen LogP) is 2.60. The number of fused-ring (bicyclic) bond motifs is 1. The average molecular weight is 445 g/mol. The molecule has 0 saturated heterocycles. The van der Waals surface area contributed by atoms with Crippen molar-refractivity contribution < 1.29 is 17.9 Å². The summed E-state index contributed by atoms with van der Waals surface area (Å²) in [4.78, 5) is 24.8. The molecule has 0 aliphatic heterocycles. The molecule has 0 spiro atoms. The smallest absolute Gasteiger partial charge is 0.276 e. The quantitative estimate of drug-likeness (QED) is 0.551. The maximum atomic E-state index is 13.1. The number of H-pyrrole nitrogens is 1. The van der Waals surface area contributed by atoms with E-state index >= 15 is 0 Å². The molecule has 9 nitrogen and oxygen atoms in total.